The van der Waals surface area contributed by atoms with Crippen LogP contribution in [0.4, 0.5) is 0 Å². The van der Waals surface area contributed by atoms with E-state index in [1.54, 1.807) is 12.3 Å². The lowest BCUT2D eigenvalue weighted by Gasteiger charge is -2.64. The Morgan fingerprint density at radius 1 is 1.14 bits per heavy atom. The number of phenolic OH excluding ortho intramolecular Hbond substituents is 1. The highest BCUT2D eigenvalue weighted by Gasteiger charge is 2.73. The van der Waals surface area contributed by atoms with Crippen molar-refractivity contribution in [3.8, 4) is 11.5 Å². The highest BCUT2D eigenvalue weighted by atomic mass is 16.5. The highest BCUT2D eigenvalue weighted by molar-refractivity contribution is 6.06. The smallest absolute Gasteiger partial charge is 0.252 e. The molecule has 2 bridgehead atoms. The summed E-state index contributed by atoms with van der Waals surface area (Å²) in [5.41, 5.74) is 1.91. The Hall–Kier alpha value is -3.16. The summed E-state index contributed by atoms with van der Waals surface area (Å²) in [6.07, 6.45) is 6.60. The maximum atomic E-state index is 13.6. The van der Waals surface area contributed by atoms with Crippen molar-refractivity contribution >= 4 is 16.8 Å². The van der Waals surface area contributed by atoms with Crippen molar-refractivity contribution in [3.63, 3.8) is 0 Å². The third-order valence-electron chi connectivity index (χ3n) is 9.97. The fourth-order valence-electron chi connectivity index (χ4n) is 8.18. The van der Waals surface area contributed by atoms with E-state index < -0.39 is 17.1 Å². The number of nitrogens with zero attached hydrogens (tertiary/aromatic N) is 2. The van der Waals surface area contributed by atoms with E-state index >= 15 is 0 Å². The Bertz CT molecular complexity index is 1450. The van der Waals surface area contributed by atoms with Gasteiger partial charge in [0.05, 0.1) is 22.6 Å². The second kappa shape index (κ2) is 7.45. The molecule has 2 aliphatic heterocycles. The van der Waals surface area contributed by atoms with Gasteiger partial charge in [0.1, 0.15) is 6.10 Å². The number of benzene rings is 2. The van der Waals surface area contributed by atoms with Gasteiger partial charge in [0, 0.05) is 35.3 Å². The largest absolute Gasteiger partial charge is 0.504 e. The number of aromatic nitrogens is 1. The van der Waals surface area contributed by atoms with E-state index in [2.05, 4.69) is 15.2 Å². The first-order valence-electron chi connectivity index (χ1n) is 13.6. The number of hydrogen-bond acceptors (Lipinski definition) is 6. The van der Waals surface area contributed by atoms with Crippen molar-refractivity contribution < 1.29 is 19.7 Å². The molecule has 1 amide bonds. The van der Waals surface area contributed by atoms with Gasteiger partial charge < -0.3 is 20.3 Å². The molecule has 2 aromatic carbocycles. The van der Waals surface area contributed by atoms with Crippen molar-refractivity contribution in [1.29, 1.82) is 0 Å². The van der Waals surface area contributed by atoms with Gasteiger partial charge in [0.2, 0.25) is 0 Å². The number of likely N-dealkylation sites (tertiary alicyclic amines) is 1. The lowest BCUT2D eigenvalue weighted by molar-refractivity contribution is -0.191. The Morgan fingerprint density at radius 3 is 2.89 bits per heavy atom. The number of hydrogen-bond donors (Lipinski definition) is 3. The molecule has 5 atom stereocenters. The van der Waals surface area contributed by atoms with Crippen LogP contribution in [0.1, 0.15) is 53.6 Å². The first-order chi connectivity index (χ1) is 18.0. The van der Waals surface area contributed by atoms with Crippen LogP contribution in [0.25, 0.3) is 10.9 Å². The predicted molar refractivity (Wildman–Crippen MR) is 138 cm³/mol. The van der Waals surface area contributed by atoms with Crippen LogP contribution < -0.4 is 10.1 Å². The molecular formula is C30H31N3O4. The Kier molecular flexibility index (Phi) is 4.41. The van der Waals surface area contributed by atoms with E-state index in [9.17, 15) is 15.0 Å². The van der Waals surface area contributed by atoms with Crippen LogP contribution in [0, 0.1) is 5.92 Å². The molecule has 1 spiro atoms. The average molecular weight is 498 g/mol. The number of amides is 1. The van der Waals surface area contributed by atoms with Crippen LogP contribution in [-0.2, 0) is 11.8 Å². The van der Waals surface area contributed by atoms with Gasteiger partial charge in [-0.15, -0.1) is 0 Å². The number of aliphatic hydroxyl groups is 1. The quantitative estimate of drug-likeness (QED) is 0.512. The van der Waals surface area contributed by atoms with E-state index in [0.717, 1.165) is 53.9 Å². The van der Waals surface area contributed by atoms with Gasteiger partial charge in [-0.2, -0.15) is 0 Å². The van der Waals surface area contributed by atoms with Crippen molar-refractivity contribution in [2.75, 3.05) is 13.1 Å². The molecule has 5 aliphatic rings. The van der Waals surface area contributed by atoms with E-state index in [4.69, 9.17) is 4.74 Å². The maximum absolute atomic E-state index is 13.6. The molecule has 2 saturated carbocycles. The average Bonchev–Trinajstić information content (AvgIpc) is 3.65. The van der Waals surface area contributed by atoms with E-state index in [1.165, 1.54) is 12.8 Å². The predicted octanol–water partition coefficient (Wildman–Crippen LogP) is 3.30. The van der Waals surface area contributed by atoms with Gasteiger partial charge in [-0.25, -0.2) is 0 Å². The summed E-state index contributed by atoms with van der Waals surface area (Å²) < 4.78 is 6.58. The number of carbonyl (C=O) groups excluding carboxylic acids is 1. The second-order valence-electron chi connectivity index (χ2n) is 11.8. The third-order valence-corrected chi connectivity index (χ3v) is 9.97. The van der Waals surface area contributed by atoms with E-state index in [-0.39, 0.29) is 23.7 Å². The van der Waals surface area contributed by atoms with Crippen LogP contribution in [0.3, 0.4) is 0 Å². The number of pyridine rings is 1. The number of piperidine rings is 1. The van der Waals surface area contributed by atoms with E-state index in [0.29, 0.717) is 24.2 Å². The van der Waals surface area contributed by atoms with Gasteiger partial charge in [-0.3, -0.25) is 14.7 Å². The lowest BCUT2D eigenvalue weighted by atomic mass is 9.48. The third kappa shape index (κ3) is 2.84. The Balaban J connectivity index is 1.20. The Labute approximate surface area is 215 Å². The van der Waals surface area contributed by atoms with Crippen LogP contribution in [-0.4, -0.2) is 62.9 Å². The van der Waals surface area contributed by atoms with Crippen LogP contribution >= 0.6 is 0 Å². The molecule has 3 aliphatic carbocycles. The van der Waals surface area contributed by atoms with Gasteiger partial charge in [0.25, 0.3) is 5.91 Å². The number of carbonyl (C=O) groups is 1. The van der Waals surface area contributed by atoms with Gasteiger partial charge in [-0.05, 0) is 80.8 Å². The molecule has 3 fully saturated rings. The molecule has 8 rings (SSSR count). The molecule has 0 radical (unpaired) electrons. The summed E-state index contributed by atoms with van der Waals surface area (Å²) in [5, 5.41) is 27.5. The fourth-order valence-corrected chi connectivity index (χ4v) is 8.18. The molecule has 3 aromatic rings. The zero-order valence-electron chi connectivity index (χ0n) is 20.7. The zero-order chi connectivity index (χ0) is 24.9. The normalized spacial score (nSPS) is 33.6. The molecule has 1 unspecified atom stereocenters. The number of aromatic hydroxyl groups is 1. The number of ether oxygens (including phenoxy) is 1. The molecule has 1 aromatic heterocycles. The standard InChI is InChI=1S/C30H31N3O4/c34-23-9-8-18-15-24-30(36)11-10-22(32-28(35)20-3-1-5-21-19(20)4-2-13-31-21)27-29(30,25(18)26(23)37-27)12-14-33(24)16-17-6-7-17/h1-5,8-9,13,17,22,24,27,34,36H,6-7,10-12,14-16H2,(H,32,35)/t22-,24?,27+,29+,30-/m1/s1. The minimum Gasteiger partial charge on any atom is -0.504 e. The van der Waals surface area contributed by atoms with Crippen molar-refractivity contribution in [1.82, 2.24) is 15.2 Å². The molecule has 3 heterocycles. The number of nitrogens with one attached hydrogen (secondary N) is 1. The number of phenols is 1. The van der Waals surface area contributed by atoms with Crippen molar-refractivity contribution in [2.45, 2.75) is 67.7 Å². The number of rotatable bonds is 4. The first kappa shape index (κ1) is 21.9. The lowest BCUT2D eigenvalue weighted by Crippen LogP contribution is -2.78. The topological polar surface area (TPSA) is 94.9 Å². The summed E-state index contributed by atoms with van der Waals surface area (Å²) in [6, 6.07) is 12.8. The van der Waals surface area contributed by atoms with Gasteiger partial charge in [-0.1, -0.05) is 18.2 Å². The molecule has 1 saturated heterocycles. The molecule has 7 nitrogen and oxygen atoms in total. The summed E-state index contributed by atoms with van der Waals surface area (Å²) in [4.78, 5) is 20.6. The molecule has 7 heteroatoms. The Morgan fingerprint density at radius 2 is 2.03 bits per heavy atom. The molecule has 190 valence electrons. The summed E-state index contributed by atoms with van der Waals surface area (Å²) >= 11 is 0. The second-order valence-corrected chi connectivity index (χ2v) is 11.8. The van der Waals surface area contributed by atoms with Crippen molar-refractivity contribution in [2.24, 2.45) is 5.92 Å². The monoisotopic (exact) mass is 497 g/mol. The SMILES string of the molecule is O=C(N[C@@H]1CC[C@@]2(O)C3Cc4ccc(O)c5c4[C@@]2(CCN3CC2CC2)[C@H]1O5)c1cccc2ncccc12. The molecule has 37 heavy (non-hydrogen) atoms. The number of fused-ring (bicyclic) bond motifs is 1. The minimum atomic E-state index is -0.957. The van der Waals surface area contributed by atoms with Crippen molar-refractivity contribution in [3.05, 3.63) is 65.4 Å². The zero-order valence-corrected chi connectivity index (χ0v) is 20.7. The van der Waals surface area contributed by atoms with Gasteiger partial charge in [0.15, 0.2) is 11.5 Å². The van der Waals surface area contributed by atoms with E-state index in [1.807, 2.05) is 36.4 Å². The first-order valence-corrected chi connectivity index (χ1v) is 13.6. The van der Waals surface area contributed by atoms with Crippen LogP contribution in [0.2, 0.25) is 0 Å². The van der Waals surface area contributed by atoms with Crippen LogP contribution in [0.15, 0.2) is 48.7 Å². The molecule has 3 N–H and O–H groups in total. The maximum Gasteiger partial charge on any atom is 0.252 e. The summed E-state index contributed by atoms with van der Waals surface area (Å²) in [7, 11) is 0. The molecular weight excluding hydrogens is 466 g/mol. The summed E-state index contributed by atoms with van der Waals surface area (Å²) in [6.45, 7) is 1.94. The fraction of sp³-hybridized carbons (Fsp3) is 0.467. The highest BCUT2D eigenvalue weighted by Crippen LogP contribution is 2.65. The minimum absolute atomic E-state index is 0.0248. The summed E-state index contributed by atoms with van der Waals surface area (Å²) in [5.74, 6) is 1.21. The van der Waals surface area contributed by atoms with Crippen LogP contribution in [0.5, 0.6) is 11.5 Å². The van der Waals surface area contributed by atoms with Gasteiger partial charge >= 0.3 is 0 Å².